The van der Waals surface area contributed by atoms with E-state index in [4.69, 9.17) is 15.4 Å². The predicted octanol–water partition coefficient (Wildman–Crippen LogP) is 1.30. The van der Waals surface area contributed by atoms with E-state index in [1.54, 1.807) is 6.07 Å². The summed E-state index contributed by atoms with van der Waals surface area (Å²) in [6.07, 6.45) is 0.770. The van der Waals surface area contributed by atoms with Crippen LogP contribution >= 0.6 is 0 Å². The normalized spacial score (nSPS) is 9.20. The Hall–Kier alpha value is -1.43. The molecule has 10 heavy (non-hydrogen) atoms. The van der Waals surface area contributed by atoms with Gasteiger partial charge in [-0.2, -0.15) is 5.26 Å². The Balaban J connectivity index is 3.07. The molecule has 0 saturated carbocycles. The number of aryl methyl sites for hydroxylation is 1. The van der Waals surface area contributed by atoms with Gasteiger partial charge in [0.25, 0.3) is 0 Å². The monoisotopic (exact) mass is 136 g/mol. The molecule has 0 atom stereocenters. The zero-order valence-corrected chi connectivity index (χ0v) is 5.72. The van der Waals surface area contributed by atoms with Gasteiger partial charge in [-0.25, -0.2) is 0 Å². The van der Waals surface area contributed by atoms with Crippen LogP contribution in [0.25, 0.3) is 0 Å². The van der Waals surface area contributed by atoms with Gasteiger partial charge in [0, 0.05) is 6.42 Å². The molecule has 2 N–H and O–H groups in total. The van der Waals surface area contributed by atoms with Crippen LogP contribution in [-0.2, 0) is 6.42 Å². The van der Waals surface area contributed by atoms with Crippen LogP contribution in [0, 0.1) is 11.3 Å². The minimum Gasteiger partial charge on any atom is -0.445 e. The van der Waals surface area contributed by atoms with Crippen LogP contribution in [0.4, 0.5) is 5.88 Å². The maximum atomic E-state index is 8.44. The maximum Gasteiger partial charge on any atom is 0.208 e. The molecule has 0 bridgehead atoms. The van der Waals surface area contributed by atoms with Crippen molar-refractivity contribution >= 4 is 5.88 Å². The lowest BCUT2D eigenvalue weighted by molar-refractivity contribution is 0.533. The Morgan fingerprint density at radius 1 is 1.80 bits per heavy atom. The highest BCUT2D eigenvalue weighted by Gasteiger charge is 2.04. The Labute approximate surface area is 59.1 Å². The van der Waals surface area contributed by atoms with Crippen LogP contribution in [0.5, 0.6) is 0 Å². The number of hydrogen-bond acceptors (Lipinski definition) is 3. The van der Waals surface area contributed by atoms with Gasteiger partial charge >= 0.3 is 0 Å². The number of nitrogens with two attached hydrogens (primary N) is 1. The summed E-state index contributed by atoms with van der Waals surface area (Å²) in [7, 11) is 0. The van der Waals surface area contributed by atoms with Crippen LogP contribution in [0.1, 0.15) is 18.2 Å². The second-order valence-electron chi connectivity index (χ2n) is 1.96. The highest BCUT2D eigenvalue weighted by atomic mass is 16.4. The number of nitriles is 1. The van der Waals surface area contributed by atoms with E-state index in [2.05, 4.69) is 0 Å². The van der Waals surface area contributed by atoms with E-state index in [-0.39, 0.29) is 5.88 Å². The van der Waals surface area contributed by atoms with E-state index in [1.807, 2.05) is 13.0 Å². The molecule has 3 nitrogen and oxygen atoms in total. The summed E-state index contributed by atoms with van der Waals surface area (Å²) in [4.78, 5) is 0. The van der Waals surface area contributed by atoms with Crippen LogP contribution in [0.2, 0.25) is 0 Å². The molecule has 0 aliphatic carbocycles. The summed E-state index contributed by atoms with van der Waals surface area (Å²) in [5.74, 6) is 0.980. The first kappa shape index (κ1) is 6.69. The van der Waals surface area contributed by atoms with Crippen molar-refractivity contribution in [3.63, 3.8) is 0 Å². The molecule has 0 fully saturated rings. The molecule has 0 saturated heterocycles. The van der Waals surface area contributed by atoms with Gasteiger partial charge in [-0.3, -0.25) is 0 Å². The zero-order chi connectivity index (χ0) is 7.56. The number of rotatable bonds is 1. The van der Waals surface area contributed by atoms with Crippen LogP contribution in [0.15, 0.2) is 10.5 Å². The molecule has 0 spiro atoms. The molecule has 0 unspecified atom stereocenters. The van der Waals surface area contributed by atoms with Gasteiger partial charge in [-0.1, -0.05) is 6.92 Å². The first-order chi connectivity index (χ1) is 4.77. The third-order valence-corrected chi connectivity index (χ3v) is 1.28. The highest BCUT2D eigenvalue weighted by molar-refractivity contribution is 5.47. The van der Waals surface area contributed by atoms with Gasteiger partial charge in [-0.05, 0) is 6.07 Å². The quantitative estimate of drug-likeness (QED) is 0.632. The van der Waals surface area contributed by atoms with Crippen molar-refractivity contribution in [1.82, 2.24) is 0 Å². The lowest BCUT2D eigenvalue weighted by Gasteiger charge is -1.83. The molecule has 52 valence electrons. The molecule has 3 heteroatoms. The van der Waals surface area contributed by atoms with E-state index in [0.29, 0.717) is 5.56 Å². The van der Waals surface area contributed by atoms with E-state index in [9.17, 15) is 0 Å². The molecule has 1 aromatic rings. The molecule has 1 rings (SSSR count). The van der Waals surface area contributed by atoms with Gasteiger partial charge in [0.05, 0.1) is 0 Å². The molecule has 1 heterocycles. The van der Waals surface area contributed by atoms with Crippen LogP contribution < -0.4 is 5.73 Å². The Morgan fingerprint density at radius 3 is 2.80 bits per heavy atom. The topological polar surface area (TPSA) is 63.0 Å². The molecule has 0 aromatic carbocycles. The molecule has 0 amide bonds. The van der Waals surface area contributed by atoms with Gasteiger partial charge in [0.15, 0.2) is 0 Å². The molecular weight excluding hydrogens is 128 g/mol. The van der Waals surface area contributed by atoms with Gasteiger partial charge in [0.2, 0.25) is 5.88 Å². The van der Waals surface area contributed by atoms with E-state index < -0.39 is 0 Å². The summed E-state index contributed by atoms with van der Waals surface area (Å²) < 4.78 is 5.01. The Kier molecular flexibility index (Phi) is 1.63. The minimum atomic E-state index is 0.222. The zero-order valence-electron chi connectivity index (χ0n) is 5.72. The molecule has 0 aliphatic heterocycles. The fourth-order valence-corrected chi connectivity index (χ4v) is 0.719. The summed E-state index contributed by atoms with van der Waals surface area (Å²) in [6.45, 7) is 1.94. The number of nitrogens with zero attached hydrogens (tertiary/aromatic N) is 1. The number of nitrogen functional groups attached to an aromatic ring is 1. The summed E-state index contributed by atoms with van der Waals surface area (Å²) in [5, 5.41) is 8.44. The van der Waals surface area contributed by atoms with Crippen molar-refractivity contribution in [2.45, 2.75) is 13.3 Å². The van der Waals surface area contributed by atoms with Gasteiger partial charge in [0.1, 0.15) is 17.4 Å². The minimum absolute atomic E-state index is 0.222. The smallest absolute Gasteiger partial charge is 0.208 e. The number of anilines is 1. The average Bonchev–Trinajstić information content (AvgIpc) is 2.30. The van der Waals surface area contributed by atoms with E-state index in [0.717, 1.165) is 12.2 Å². The van der Waals surface area contributed by atoms with Crippen molar-refractivity contribution in [3.8, 4) is 6.07 Å². The summed E-state index contributed by atoms with van der Waals surface area (Å²) in [5.41, 5.74) is 5.77. The van der Waals surface area contributed by atoms with Crippen LogP contribution in [-0.4, -0.2) is 0 Å². The SMILES string of the molecule is CCc1cc(C#N)c(N)o1. The fourth-order valence-electron chi connectivity index (χ4n) is 0.719. The lowest BCUT2D eigenvalue weighted by atomic mass is 10.3. The predicted molar refractivity (Wildman–Crippen MR) is 37.2 cm³/mol. The second kappa shape index (κ2) is 2.44. The first-order valence-electron chi connectivity index (χ1n) is 3.06. The van der Waals surface area contributed by atoms with Crippen molar-refractivity contribution in [3.05, 3.63) is 17.4 Å². The largest absolute Gasteiger partial charge is 0.445 e. The molecule has 1 aromatic heterocycles. The van der Waals surface area contributed by atoms with Crippen LogP contribution in [0.3, 0.4) is 0 Å². The lowest BCUT2D eigenvalue weighted by Crippen LogP contribution is -1.82. The average molecular weight is 136 g/mol. The van der Waals surface area contributed by atoms with E-state index >= 15 is 0 Å². The Morgan fingerprint density at radius 2 is 2.50 bits per heavy atom. The van der Waals surface area contributed by atoms with Crippen molar-refractivity contribution in [2.24, 2.45) is 0 Å². The molecular formula is C7H8N2O. The molecule has 0 radical (unpaired) electrons. The van der Waals surface area contributed by atoms with Gasteiger partial charge < -0.3 is 10.2 Å². The third kappa shape index (κ3) is 0.960. The standard InChI is InChI=1S/C7H8N2O/c1-2-6-3-5(4-8)7(9)10-6/h3H,2,9H2,1H3. The fraction of sp³-hybridized carbons (Fsp3) is 0.286. The first-order valence-corrected chi connectivity index (χ1v) is 3.06. The summed E-state index contributed by atoms with van der Waals surface area (Å²) in [6, 6.07) is 3.59. The Bertz CT molecular complexity index is 270. The van der Waals surface area contributed by atoms with E-state index in [1.165, 1.54) is 0 Å². The van der Waals surface area contributed by atoms with Crippen molar-refractivity contribution in [1.29, 1.82) is 5.26 Å². The van der Waals surface area contributed by atoms with Gasteiger partial charge in [-0.15, -0.1) is 0 Å². The maximum absolute atomic E-state index is 8.44. The van der Waals surface area contributed by atoms with Crippen molar-refractivity contribution in [2.75, 3.05) is 5.73 Å². The van der Waals surface area contributed by atoms with Crippen molar-refractivity contribution < 1.29 is 4.42 Å². The number of furan rings is 1. The number of hydrogen-bond donors (Lipinski definition) is 1. The molecule has 0 aliphatic rings. The third-order valence-electron chi connectivity index (χ3n) is 1.28. The second-order valence-corrected chi connectivity index (χ2v) is 1.96. The highest BCUT2D eigenvalue weighted by Crippen LogP contribution is 2.16. The summed E-state index contributed by atoms with van der Waals surface area (Å²) >= 11 is 0.